The minimum absolute atomic E-state index is 0.163. The maximum Gasteiger partial charge on any atom is 0.111 e. The largest absolute Gasteiger partial charge is 0.672 e. The summed E-state index contributed by atoms with van der Waals surface area (Å²) in [5.74, 6) is 0. The molecule has 9 heteroatoms. The van der Waals surface area contributed by atoms with Crippen molar-refractivity contribution >= 4 is 88.6 Å². The molecule has 0 aromatic heterocycles. The predicted molar refractivity (Wildman–Crippen MR) is 353 cm³/mol. The monoisotopic (exact) mass is 1220 g/mol. The predicted octanol–water partition coefficient (Wildman–Crippen LogP) is 17.0. The topological polar surface area (TPSA) is 99.6 Å². The van der Waals surface area contributed by atoms with Crippen molar-refractivity contribution in [1.82, 2.24) is 0 Å². The Labute approximate surface area is 496 Å². The minimum atomic E-state index is -1.37. The third kappa shape index (κ3) is 15.0. The summed E-state index contributed by atoms with van der Waals surface area (Å²) in [5.41, 5.74) is 35.1. The summed E-state index contributed by atoms with van der Waals surface area (Å²) in [6, 6.07) is 110. The molecule has 12 rings (SSSR count). The molecule has 0 radical (unpaired) electrons. The smallest absolute Gasteiger partial charge is 0.111 e. The maximum atomic E-state index is 8.07. The maximum absolute atomic E-state index is 8.07. The normalized spacial score (nSPS) is 12.4. The molecule has 0 aliphatic rings. The molecule has 0 bridgehead atoms. The van der Waals surface area contributed by atoms with Crippen LogP contribution in [-0.2, 0) is 15.1 Å². The van der Waals surface area contributed by atoms with Crippen molar-refractivity contribution in [3.05, 3.63) is 349 Å². The summed E-state index contributed by atoms with van der Waals surface area (Å²) in [6.07, 6.45) is 0. The molecule has 0 saturated carbocycles. The van der Waals surface area contributed by atoms with Crippen LogP contribution >= 0.6 is 35.2 Å². The quantitative estimate of drug-likeness (QED) is 0.0888. The molecule has 81 heavy (non-hydrogen) atoms. The Balaban J connectivity index is 0.000000184. The van der Waals surface area contributed by atoms with E-state index < -0.39 is 27.9 Å². The van der Waals surface area contributed by atoms with Crippen LogP contribution in [-0.4, -0.2) is 0 Å². The van der Waals surface area contributed by atoms with Crippen molar-refractivity contribution in [2.75, 3.05) is 0 Å². The summed E-state index contributed by atoms with van der Waals surface area (Å²) in [4.78, 5) is 0. The Morgan fingerprint density at radius 3 is 0.778 bits per heavy atom. The first-order valence-corrected chi connectivity index (χ1v) is 34.3. The van der Waals surface area contributed by atoms with E-state index in [2.05, 4.69) is 194 Å². The fourth-order valence-electron chi connectivity index (χ4n) is 10.3. The zero-order valence-electron chi connectivity index (χ0n) is 44.6. The minimum Gasteiger partial charge on any atom is -0.672 e. The van der Waals surface area contributed by atoms with E-state index >= 15 is 0 Å². The summed E-state index contributed by atoms with van der Waals surface area (Å²) in [6.45, 7) is 0. The first kappa shape index (κ1) is 58.7. The summed E-state index contributed by atoms with van der Waals surface area (Å²) >= 11 is -0.346. The Morgan fingerprint density at radius 2 is 0.506 bits per heavy atom. The van der Waals surface area contributed by atoms with Gasteiger partial charge >= 0.3 is 34.5 Å². The molecule has 0 unspecified atom stereocenters. The van der Waals surface area contributed by atoms with E-state index in [1.807, 2.05) is 121 Å². The second kappa shape index (κ2) is 30.2. The fraction of sp³-hybridized carbons (Fsp3) is 0.0556. The van der Waals surface area contributed by atoms with Gasteiger partial charge in [-0.2, -0.15) is 0 Å². The number of halogens is 2. The van der Waals surface area contributed by atoms with Crippen molar-refractivity contribution in [2.24, 2.45) is 11.5 Å². The molecule has 4 nitrogen and oxygen atoms in total. The van der Waals surface area contributed by atoms with E-state index in [1.54, 1.807) is 0 Å². The van der Waals surface area contributed by atoms with E-state index in [0.717, 1.165) is 22.3 Å². The number of benzene rings is 12. The van der Waals surface area contributed by atoms with E-state index in [9.17, 15) is 0 Å². The zero-order valence-corrected chi connectivity index (χ0v) is 49.8. The van der Waals surface area contributed by atoms with Gasteiger partial charge in [-0.05, 0) is 93.3 Å². The zero-order chi connectivity index (χ0) is 56.2. The van der Waals surface area contributed by atoms with Gasteiger partial charge in [0, 0.05) is 23.2 Å². The fourth-order valence-corrected chi connectivity index (χ4v) is 15.9. The van der Waals surface area contributed by atoms with Crippen LogP contribution in [0, 0.1) is 0 Å². The summed E-state index contributed by atoms with van der Waals surface area (Å²) in [5, 5.41) is 13.6. The molecule has 402 valence electrons. The molecule has 0 aliphatic heterocycles. The van der Waals surface area contributed by atoms with Gasteiger partial charge in [0.2, 0.25) is 0 Å². The molecular formula is C72H64Cl2N4P2Ru+2. The molecule has 0 heterocycles. The molecule has 12 aromatic carbocycles. The SMILES string of the molecule is N[C@@H](c1ccccc1)[C@@H](N)c1ccccc1.[Cl][Ru+2][Cl].[NH-][C@@H](c1ccccc1)[C@@H]([NH-])c1ccccc1.c1ccc([PH+](c2ccccc2)c2ccc3ccccc3c2-c2c([PH+](c3ccccc3)c3ccccc3)ccc3ccccc23)cc1. The van der Waals surface area contributed by atoms with Gasteiger partial charge in [-0.15, -0.1) is 12.1 Å². The Kier molecular flexibility index (Phi) is 21.9. The van der Waals surface area contributed by atoms with Crippen LogP contribution < -0.4 is 43.3 Å². The van der Waals surface area contributed by atoms with Crippen molar-refractivity contribution in [1.29, 1.82) is 0 Å². The van der Waals surface area contributed by atoms with E-state index in [-0.39, 0.29) is 27.2 Å². The Morgan fingerprint density at radius 1 is 0.284 bits per heavy atom. The number of hydrogen-bond acceptors (Lipinski definition) is 2. The van der Waals surface area contributed by atoms with Crippen LogP contribution in [0.2, 0.25) is 0 Å². The van der Waals surface area contributed by atoms with E-state index in [1.165, 1.54) is 64.5 Å². The van der Waals surface area contributed by atoms with Gasteiger partial charge in [0.15, 0.2) is 0 Å². The van der Waals surface area contributed by atoms with Crippen LogP contribution in [0.3, 0.4) is 0 Å². The van der Waals surface area contributed by atoms with Gasteiger partial charge in [-0.3, -0.25) is 0 Å². The molecule has 0 spiro atoms. The molecule has 0 fully saturated rings. The van der Waals surface area contributed by atoms with Gasteiger partial charge in [0.25, 0.3) is 0 Å². The van der Waals surface area contributed by atoms with Crippen LogP contribution in [0.25, 0.3) is 44.1 Å². The second-order valence-corrected chi connectivity index (χ2v) is 26.9. The first-order valence-electron chi connectivity index (χ1n) is 26.8. The number of hydrogen-bond donors (Lipinski definition) is 2. The van der Waals surface area contributed by atoms with Gasteiger partial charge in [-0.25, -0.2) is 0 Å². The van der Waals surface area contributed by atoms with Crippen LogP contribution in [0.1, 0.15) is 46.4 Å². The summed E-state index contributed by atoms with van der Waals surface area (Å²) in [7, 11) is 6.97. The molecule has 4 atom stereocenters. The van der Waals surface area contributed by atoms with Crippen molar-refractivity contribution < 1.29 is 15.1 Å². The second-order valence-electron chi connectivity index (χ2n) is 19.3. The van der Waals surface area contributed by atoms with Gasteiger partial charge in [0.1, 0.15) is 31.8 Å². The van der Waals surface area contributed by atoms with Gasteiger partial charge in [-0.1, -0.05) is 266 Å². The average molecular weight is 1220 g/mol. The molecule has 12 aromatic rings. The number of rotatable bonds is 13. The Hall–Kier alpha value is -6.94. The van der Waals surface area contributed by atoms with E-state index in [4.69, 9.17) is 42.3 Å². The first-order chi connectivity index (χ1) is 39.9. The van der Waals surface area contributed by atoms with E-state index in [0.29, 0.717) is 0 Å². The van der Waals surface area contributed by atoms with Crippen molar-refractivity contribution in [3.8, 4) is 11.1 Å². The third-order valence-corrected chi connectivity index (χ3v) is 19.9. The van der Waals surface area contributed by atoms with Crippen LogP contribution in [0.5, 0.6) is 0 Å². The van der Waals surface area contributed by atoms with Crippen molar-refractivity contribution in [3.63, 3.8) is 0 Å². The van der Waals surface area contributed by atoms with Gasteiger partial charge < -0.3 is 22.9 Å². The number of fused-ring (bicyclic) bond motifs is 2. The molecule has 6 N–H and O–H groups in total. The van der Waals surface area contributed by atoms with Gasteiger partial charge in [0.05, 0.1) is 15.8 Å². The number of nitrogens with one attached hydrogen (secondary N) is 2. The van der Waals surface area contributed by atoms with Crippen LogP contribution in [0.4, 0.5) is 0 Å². The third-order valence-electron chi connectivity index (χ3n) is 14.3. The molecule has 0 amide bonds. The molecule has 0 saturated heterocycles. The Bertz CT molecular complexity index is 3370. The van der Waals surface area contributed by atoms with Crippen LogP contribution in [0.15, 0.2) is 315 Å². The number of nitrogens with two attached hydrogens (primary N) is 2. The summed E-state index contributed by atoms with van der Waals surface area (Å²) < 4.78 is 0. The van der Waals surface area contributed by atoms with Crippen molar-refractivity contribution in [2.45, 2.75) is 24.2 Å². The molecular weight excluding hydrogens is 1150 g/mol. The standard InChI is InChI=1S/C44H32P2.C14H16N2.C14H14N2.2ClH.Ru/c1-5-19-35(20-6-1)45(36-21-7-2-8-22-36)41-31-29-33-17-13-15-27-39(33)43(41)44-40-28-16-14-18-34(40)30-32-42(44)46(37-23-9-3-10-24-37)38-25-11-4-12-26-38;2*15-13(11-7-3-1-4-8-11)14(16)12-9-5-2-6-10-12;;;/h1-32H;1-10,13-14H,15-16H2;1-10,13-16H;2*1H;/q;;-2;;;+4/t;2*13-,14-;;;/m.00.../s1. The average Bonchev–Trinajstić information content (AvgIpc) is 3.68. The molecule has 0 aliphatic carbocycles.